The molecule has 0 heterocycles. The number of thioether (sulfide) groups is 1. The Labute approximate surface area is 209 Å². The van der Waals surface area contributed by atoms with E-state index in [1.54, 1.807) is 6.92 Å². The minimum absolute atomic E-state index is 0.0970. The minimum atomic E-state index is -1.47. The lowest BCUT2D eigenvalue weighted by Crippen LogP contribution is -2.63. The molecule has 2 atom stereocenters. The average molecular weight is 501 g/mol. The van der Waals surface area contributed by atoms with Crippen LogP contribution in [0.4, 0.5) is 4.79 Å². The van der Waals surface area contributed by atoms with Crippen molar-refractivity contribution in [3.05, 3.63) is 59.7 Å². The maximum Gasteiger partial charge on any atom is 0.408 e. The van der Waals surface area contributed by atoms with Gasteiger partial charge in [-0.25, -0.2) is 9.59 Å². The Bertz CT molecular complexity index is 1020. The van der Waals surface area contributed by atoms with Gasteiger partial charge in [0.05, 0.1) is 6.61 Å². The molecule has 1 aliphatic rings. The molecule has 9 heteroatoms. The van der Waals surface area contributed by atoms with Gasteiger partial charge in [0.1, 0.15) is 18.2 Å². The molecule has 188 valence electrons. The lowest BCUT2D eigenvalue weighted by atomic mass is 9.95. The fourth-order valence-electron chi connectivity index (χ4n) is 4.38. The second-order valence-electron chi connectivity index (χ2n) is 8.46. The SMILES string of the molecule is CCC(COC)(NC(=O)OCC1c2ccccc2-c2ccccc21)C(=O)N[C@H](CCSC)C(=O)O. The number of alkyl carbamates (subject to hydrolysis) is 1. The molecular weight excluding hydrogens is 468 g/mol. The number of nitrogens with one attached hydrogen (secondary N) is 2. The highest BCUT2D eigenvalue weighted by Crippen LogP contribution is 2.44. The zero-order valence-electron chi connectivity index (χ0n) is 20.2. The summed E-state index contributed by atoms with van der Waals surface area (Å²) >= 11 is 1.49. The molecule has 8 nitrogen and oxygen atoms in total. The summed E-state index contributed by atoms with van der Waals surface area (Å²) in [7, 11) is 1.42. The van der Waals surface area contributed by atoms with Crippen LogP contribution in [0.3, 0.4) is 0 Å². The van der Waals surface area contributed by atoms with Crippen LogP contribution in [-0.4, -0.2) is 67.0 Å². The summed E-state index contributed by atoms with van der Waals surface area (Å²) in [5.74, 6) is -1.30. The van der Waals surface area contributed by atoms with Crippen LogP contribution >= 0.6 is 11.8 Å². The molecule has 0 fully saturated rings. The summed E-state index contributed by atoms with van der Waals surface area (Å²) < 4.78 is 10.8. The number of carboxylic acid groups (broad SMARTS) is 1. The highest BCUT2D eigenvalue weighted by Gasteiger charge is 2.41. The van der Waals surface area contributed by atoms with E-state index < -0.39 is 29.6 Å². The predicted molar refractivity (Wildman–Crippen MR) is 136 cm³/mol. The third-order valence-corrected chi connectivity index (χ3v) is 6.97. The van der Waals surface area contributed by atoms with E-state index in [0.29, 0.717) is 5.75 Å². The van der Waals surface area contributed by atoms with Gasteiger partial charge < -0.3 is 25.2 Å². The standard InChI is InChI=1S/C26H32N2O6S/c1-4-26(16-33-2,24(31)27-22(23(29)30)13-14-35-3)28-25(32)34-15-21-19-11-7-5-9-17(19)18-10-6-8-12-20(18)21/h5-12,21-22H,4,13-16H2,1-3H3,(H,27,31)(H,28,32)(H,29,30)/t22-,26?/m1/s1. The van der Waals surface area contributed by atoms with Gasteiger partial charge in [0.15, 0.2) is 0 Å². The molecule has 35 heavy (non-hydrogen) atoms. The molecule has 1 unspecified atom stereocenters. The first-order chi connectivity index (χ1) is 16.9. The second kappa shape index (κ2) is 12.1. The molecule has 0 aromatic heterocycles. The van der Waals surface area contributed by atoms with Crippen LogP contribution < -0.4 is 10.6 Å². The number of aliphatic carboxylic acids is 1. The van der Waals surface area contributed by atoms with E-state index in [1.165, 1.54) is 18.9 Å². The van der Waals surface area contributed by atoms with Crippen molar-refractivity contribution in [1.29, 1.82) is 0 Å². The van der Waals surface area contributed by atoms with E-state index in [0.717, 1.165) is 22.3 Å². The number of carbonyl (C=O) groups excluding carboxylic acids is 2. The van der Waals surface area contributed by atoms with Crippen LogP contribution in [-0.2, 0) is 19.1 Å². The molecule has 0 radical (unpaired) electrons. The molecule has 0 aliphatic heterocycles. The topological polar surface area (TPSA) is 114 Å². The van der Waals surface area contributed by atoms with Gasteiger partial charge in [-0.3, -0.25) is 4.79 Å². The Morgan fingerprint density at radius 2 is 1.69 bits per heavy atom. The molecule has 3 rings (SSSR count). The van der Waals surface area contributed by atoms with Gasteiger partial charge in [-0.05, 0) is 47.1 Å². The van der Waals surface area contributed by atoms with Crippen molar-refractivity contribution in [2.45, 2.75) is 37.3 Å². The minimum Gasteiger partial charge on any atom is -0.480 e. The van der Waals surface area contributed by atoms with Gasteiger partial charge in [-0.2, -0.15) is 11.8 Å². The van der Waals surface area contributed by atoms with Gasteiger partial charge >= 0.3 is 12.1 Å². The number of fused-ring (bicyclic) bond motifs is 3. The maximum atomic E-state index is 13.2. The first-order valence-corrected chi connectivity index (χ1v) is 12.9. The number of hydrogen-bond acceptors (Lipinski definition) is 6. The van der Waals surface area contributed by atoms with E-state index in [4.69, 9.17) is 9.47 Å². The average Bonchev–Trinajstić information content (AvgIpc) is 3.18. The molecule has 0 saturated carbocycles. The number of carboxylic acids is 1. The summed E-state index contributed by atoms with van der Waals surface area (Å²) in [5, 5.41) is 14.7. The fourth-order valence-corrected chi connectivity index (χ4v) is 4.85. The van der Waals surface area contributed by atoms with Crippen molar-refractivity contribution >= 4 is 29.7 Å². The predicted octanol–water partition coefficient (Wildman–Crippen LogP) is 3.64. The summed E-state index contributed by atoms with van der Waals surface area (Å²) in [5.41, 5.74) is 2.92. The first-order valence-electron chi connectivity index (χ1n) is 11.5. The molecule has 2 aromatic rings. The Hall–Kier alpha value is -3.04. The number of methoxy groups -OCH3 is 1. The van der Waals surface area contributed by atoms with Crippen LogP contribution in [0.15, 0.2) is 48.5 Å². The smallest absolute Gasteiger partial charge is 0.408 e. The van der Waals surface area contributed by atoms with Crippen LogP contribution in [0.5, 0.6) is 0 Å². The van der Waals surface area contributed by atoms with E-state index in [2.05, 4.69) is 22.8 Å². The Balaban J connectivity index is 1.72. The van der Waals surface area contributed by atoms with Crippen molar-refractivity contribution < 1.29 is 29.0 Å². The van der Waals surface area contributed by atoms with Crippen LogP contribution in [0, 0.1) is 0 Å². The second-order valence-corrected chi connectivity index (χ2v) is 9.45. The normalized spacial score (nSPS) is 14.8. The third-order valence-electron chi connectivity index (χ3n) is 6.33. The largest absolute Gasteiger partial charge is 0.480 e. The van der Waals surface area contributed by atoms with Crippen molar-refractivity contribution in [2.75, 3.05) is 32.3 Å². The highest BCUT2D eigenvalue weighted by atomic mass is 32.2. The van der Waals surface area contributed by atoms with Gasteiger partial charge in [-0.1, -0.05) is 55.5 Å². The Kier molecular flexibility index (Phi) is 9.17. The van der Waals surface area contributed by atoms with Crippen molar-refractivity contribution in [2.24, 2.45) is 0 Å². The zero-order valence-corrected chi connectivity index (χ0v) is 21.0. The number of carbonyl (C=O) groups is 3. The van der Waals surface area contributed by atoms with Gasteiger partial charge in [0, 0.05) is 13.0 Å². The monoisotopic (exact) mass is 500 g/mol. The Morgan fingerprint density at radius 3 is 2.20 bits per heavy atom. The molecule has 3 N–H and O–H groups in total. The zero-order chi connectivity index (χ0) is 25.4. The number of benzene rings is 2. The molecular formula is C26H32N2O6S. The van der Waals surface area contributed by atoms with Crippen LogP contribution in [0.1, 0.15) is 36.8 Å². The van der Waals surface area contributed by atoms with E-state index >= 15 is 0 Å². The number of amides is 2. The van der Waals surface area contributed by atoms with Crippen molar-refractivity contribution in [3.8, 4) is 11.1 Å². The molecule has 0 bridgehead atoms. The summed E-state index contributed by atoms with van der Waals surface area (Å²) in [6, 6.07) is 15.0. The van der Waals surface area contributed by atoms with Crippen LogP contribution in [0.25, 0.3) is 11.1 Å². The number of ether oxygens (including phenoxy) is 2. The molecule has 2 aromatic carbocycles. The van der Waals surface area contributed by atoms with Crippen LogP contribution in [0.2, 0.25) is 0 Å². The molecule has 2 amide bonds. The quantitative estimate of drug-likeness (QED) is 0.408. The summed E-state index contributed by atoms with van der Waals surface area (Å²) in [6.45, 7) is 1.69. The molecule has 0 saturated heterocycles. The first kappa shape index (κ1) is 26.6. The number of hydrogen-bond donors (Lipinski definition) is 3. The van der Waals surface area contributed by atoms with Gasteiger partial charge in [-0.15, -0.1) is 0 Å². The fraction of sp³-hybridized carbons (Fsp3) is 0.423. The van der Waals surface area contributed by atoms with Gasteiger partial charge in [0.25, 0.3) is 0 Å². The lowest BCUT2D eigenvalue weighted by molar-refractivity contribution is -0.143. The lowest BCUT2D eigenvalue weighted by Gasteiger charge is -2.32. The van der Waals surface area contributed by atoms with Gasteiger partial charge in [0.2, 0.25) is 5.91 Å². The van der Waals surface area contributed by atoms with E-state index in [1.807, 2.05) is 42.7 Å². The third kappa shape index (κ3) is 5.97. The number of rotatable bonds is 12. The van der Waals surface area contributed by atoms with Crippen molar-refractivity contribution in [3.63, 3.8) is 0 Å². The summed E-state index contributed by atoms with van der Waals surface area (Å²) in [4.78, 5) is 37.7. The maximum absolute atomic E-state index is 13.2. The molecule has 0 spiro atoms. The van der Waals surface area contributed by atoms with E-state index in [9.17, 15) is 19.5 Å². The van der Waals surface area contributed by atoms with Crippen molar-refractivity contribution in [1.82, 2.24) is 10.6 Å². The highest BCUT2D eigenvalue weighted by molar-refractivity contribution is 7.98. The Morgan fingerprint density at radius 1 is 1.09 bits per heavy atom. The van der Waals surface area contributed by atoms with E-state index in [-0.39, 0.29) is 32.0 Å². The molecule has 1 aliphatic carbocycles. The summed E-state index contributed by atoms with van der Waals surface area (Å²) in [6.07, 6.45) is 1.55.